The molecule has 0 aromatic carbocycles. The lowest BCUT2D eigenvalue weighted by atomic mass is 10.0. The second kappa shape index (κ2) is 6.21. The van der Waals surface area contributed by atoms with Gasteiger partial charge in [-0.1, -0.05) is 0 Å². The molecule has 7 nitrogen and oxygen atoms in total. The molecule has 0 aliphatic carbocycles. The fourth-order valence-electron chi connectivity index (χ4n) is 2.89. The van der Waals surface area contributed by atoms with E-state index in [4.69, 9.17) is 9.26 Å². The van der Waals surface area contributed by atoms with Gasteiger partial charge in [-0.2, -0.15) is 5.10 Å². The van der Waals surface area contributed by atoms with Gasteiger partial charge >= 0.3 is 0 Å². The summed E-state index contributed by atoms with van der Waals surface area (Å²) < 4.78 is 10.1. The summed E-state index contributed by atoms with van der Waals surface area (Å²) >= 11 is 0. The summed E-state index contributed by atoms with van der Waals surface area (Å²) in [6.45, 7) is 3.59. The highest BCUT2D eigenvalue weighted by atomic mass is 16.5. The number of hydrogen-bond acceptors (Lipinski definition) is 5. The highest BCUT2D eigenvalue weighted by molar-refractivity contribution is 5.76. The third kappa shape index (κ3) is 2.98. The maximum atomic E-state index is 12.3. The number of nitrogens with zero attached hydrogens (tertiary/aromatic N) is 3. The predicted octanol–water partition coefficient (Wildman–Crippen LogP) is 1.66. The molecule has 3 rings (SSSR count). The molecule has 0 bridgehead atoms. The molecule has 0 spiro atoms. The molecular weight excluding hydrogens is 284 g/mol. The van der Waals surface area contributed by atoms with E-state index in [0.717, 1.165) is 30.8 Å². The van der Waals surface area contributed by atoms with E-state index >= 15 is 0 Å². The Balaban J connectivity index is 1.52. The zero-order valence-electron chi connectivity index (χ0n) is 12.8. The van der Waals surface area contributed by atoms with Gasteiger partial charge in [-0.15, -0.1) is 0 Å². The number of aryl methyl sites for hydroxylation is 2. The first-order valence-corrected chi connectivity index (χ1v) is 7.44. The van der Waals surface area contributed by atoms with Crippen LogP contribution in [0, 0.1) is 6.92 Å². The van der Waals surface area contributed by atoms with Gasteiger partial charge in [-0.3, -0.25) is 9.89 Å². The van der Waals surface area contributed by atoms with Crippen molar-refractivity contribution in [1.82, 2.24) is 20.3 Å². The number of ether oxygens (including phenoxy) is 1. The molecule has 2 aromatic heterocycles. The Kier molecular flexibility index (Phi) is 4.13. The lowest BCUT2D eigenvalue weighted by molar-refractivity contribution is -0.130. The molecule has 1 atom stereocenters. The van der Waals surface area contributed by atoms with Crippen LogP contribution in [-0.2, 0) is 11.2 Å². The number of aromatic amines is 1. The average Bonchev–Trinajstić information content (AvgIpc) is 3.24. The van der Waals surface area contributed by atoms with E-state index in [9.17, 15) is 4.79 Å². The van der Waals surface area contributed by atoms with E-state index in [2.05, 4.69) is 15.4 Å². The minimum Gasteiger partial charge on any atom is -0.479 e. The zero-order valence-corrected chi connectivity index (χ0v) is 12.8. The van der Waals surface area contributed by atoms with Crippen molar-refractivity contribution in [2.75, 3.05) is 20.2 Å². The summed E-state index contributed by atoms with van der Waals surface area (Å²) in [5.41, 5.74) is 2.31. The molecule has 3 heterocycles. The highest BCUT2D eigenvalue weighted by Gasteiger charge is 2.29. The van der Waals surface area contributed by atoms with Crippen LogP contribution in [0.3, 0.4) is 0 Å². The second-order valence-corrected chi connectivity index (χ2v) is 5.63. The predicted molar refractivity (Wildman–Crippen MR) is 78.6 cm³/mol. The van der Waals surface area contributed by atoms with Crippen molar-refractivity contribution in [3.63, 3.8) is 0 Å². The van der Waals surface area contributed by atoms with E-state index in [-0.39, 0.29) is 5.91 Å². The van der Waals surface area contributed by atoms with Crippen LogP contribution in [0.2, 0.25) is 0 Å². The fraction of sp³-hybridized carbons (Fsp3) is 0.533. The van der Waals surface area contributed by atoms with Crippen molar-refractivity contribution in [3.8, 4) is 5.88 Å². The molecule has 1 amide bonds. The number of carbonyl (C=O) groups excluding carboxylic acids is 1. The Bertz CT molecular complexity index is 649. The van der Waals surface area contributed by atoms with Gasteiger partial charge in [0.1, 0.15) is 5.76 Å². The number of aromatic nitrogens is 3. The Labute approximate surface area is 128 Å². The van der Waals surface area contributed by atoms with Crippen LogP contribution in [0.1, 0.15) is 35.8 Å². The summed E-state index contributed by atoms with van der Waals surface area (Å²) in [6.07, 6.45) is 3.77. The average molecular weight is 304 g/mol. The standard InChI is InChI=1S/C15H20N4O3/c1-10-8-16-17-15(10)11-5-6-19(9-11)14(20)4-3-12-7-13(21-2)18-22-12/h7-8,11H,3-6,9H2,1-2H3,(H,16,17)/t11-/m1/s1. The molecule has 1 fully saturated rings. The number of hydrogen-bond donors (Lipinski definition) is 1. The first-order chi connectivity index (χ1) is 10.7. The monoisotopic (exact) mass is 304 g/mol. The maximum absolute atomic E-state index is 12.3. The molecule has 2 aromatic rings. The third-order valence-electron chi connectivity index (χ3n) is 4.15. The molecule has 0 unspecified atom stereocenters. The van der Waals surface area contributed by atoms with Gasteiger partial charge in [0.05, 0.1) is 13.3 Å². The van der Waals surface area contributed by atoms with E-state index in [0.29, 0.717) is 30.4 Å². The van der Waals surface area contributed by atoms with E-state index in [1.165, 1.54) is 7.11 Å². The van der Waals surface area contributed by atoms with Crippen LogP contribution >= 0.6 is 0 Å². The summed E-state index contributed by atoms with van der Waals surface area (Å²) in [5, 5.41) is 10.8. The normalized spacial score (nSPS) is 17.9. The lowest BCUT2D eigenvalue weighted by Crippen LogP contribution is -2.28. The van der Waals surface area contributed by atoms with Gasteiger partial charge < -0.3 is 14.2 Å². The van der Waals surface area contributed by atoms with Gasteiger partial charge in [0.2, 0.25) is 5.91 Å². The van der Waals surface area contributed by atoms with Crippen LogP contribution in [0.25, 0.3) is 0 Å². The van der Waals surface area contributed by atoms with E-state index < -0.39 is 0 Å². The number of carbonyl (C=O) groups is 1. The summed E-state index contributed by atoms with van der Waals surface area (Å²) in [5.74, 6) is 1.62. The van der Waals surface area contributed by atoms with Crippen molar-refractivity contribution in [2.24, 2.45) is 0 Å². The first kappa shape index (κ1) is 14.6. The fourth-order valence-corrected chi connectivity index (χ4v) is 2.89. The number of nitrogens with one attached hydrogen (secondary N) is 1. The summed E-state index contributed by atoms with van der Waals surface area (Å²) in [6, 6.07) is 1.72. The van der Waals surface area contributed by atoms with Crippen molar-refractivity contribution in [3.05, 3.63) is 29.3 Å². The molecule has 1 saturated heterocycles. The minimum atomic E-state index is 0.148. The molecule has 0 saturated carbocycles. The number of methoxy groups -OCH3 is 1. The number of amides is 1. The molecule has 1 N–H and O–H groups in total. The van der Waals surface area contributed by atoms with Gasteiger partial charge in [-0.25, -0.2) is 0 Å². The van der Waals surface area contributed by atoms with Crippen LogP contribution in [0.15, 0.2) is 16.8 Å². The Morgan fingerprint density at radius 3 is 3.14 bits per heavy atom. The van der Waals surface area contributed by atoms with Gasteiger partial charge in [0, 0.05) is 43.6 Å². The van der Waals surface area contributed by atoms with E-state index in [1.807, 2.05) is 18.0 Å². The molecular formula is C15H20N4O3. The zero-order chi connectivity index (χ0) is 15.5. The number of likely N-dealkylation sites (tertiary alicyclic amines) is 1. The Morgan fingerprint density at radius 1 is 1.59 bits per heavy atom. The number of H-pyrrole nitrogens is 1. The smallest absolute Gasteiger partial charge is 0.254 e. The quantitative estimate of drug-likeness (QED) is 0.908. The SMILES string of the molecule is COc1cc(CCC(=O)N2CC[C@@H](c3[nH]ncc3C)C2)on1. The largest absolute Gasteiger partial charge is 0.479 e. The highest BCUT2D eigenvalue weighted by Crippen LogP contribution is 2.28. The Morgan fingerprint density at radius 2 is 2.45 bits per heavy atom. The van der Waals surface area contributed by atoms with Gasteiger partial charge in [-0.05, 0) is 24.1 Å². The third-order valence-corrected chi connectivity index (χ3v) is 4.15. The molecule has 7 heteroatoms. The summed E-state index contributed by atoms with van der Waals surface area (Å²) in [7, 11) is 1.54. The topological polar surface area (TPSA) is 84.2 Å². The van der Waals surface area contributed by atoms with Crippen molar-refractivity contribution >= 4 is 5.91 Å². The van der Waals surface area contributed by atoms with Gasteiger partial charge in [0.15, 0.2) is 0 Å². The van der Waals surface area contributed by atoms with E-state index in [1.54, 1.807) is 6.07 Å². The minimum absolute atomic E-state index is 0.148. The van der Waals surface area contributed by atoms with Crippen molar-refractivity contribution < 1.29 is 14.1 Å². The van der Waals surface area contributed by atoms with Crippen molar-refractivity contribution in [2.45, 2.75) is 32.1 Å². The summed E-state index contributed by atoms with van der Waals surface area (Å²) in [4.78, 5) is 14.2. The van der Waals surface area contributed by atoms with Gasteiger partial charge in [0.25, 0.3) is 5.88 Å². The van der Waals surface area contributed by atoms with Crippen LogP contribution in [-0.4, -0.2) is 46.4 Å². The lowest BCUT2D eigenvalue weighted by Gasteiger charge is -2.16. The Hall–Kier alpha value is -2.31. The molecule has 1 aliphatic heterocycles. The first-order valence-electron chi connectivity index (χ1n) is 7.44. The molecule has 118 valence electrons. The number of rotatable bonds is 5. The van der Waals surface area contributed by atoms with Crippen LogP contribution < -0.4 is 4.74 Å². The molecule has 22 heavy (non-hydrogen) atoms. The van der Waals surface area contributed by atoms with Crippen LogP contribution in [0.5, 0.6) is 5.88 Å². The van der Waals surface area contributed by atoms with Crippen molar-refractivity contribution in [1.29, 1.82) is 0 Å². The van der Waals surface area contributed by atoms with Crippen LogP contribution in [0.4, 0.5) is 0 Å². The second-order valence-electron chi connectivity index (χ2n) is 5.63. The molecule has 1 aliphatic rings. The maximum Gasteiger partial charge on any atom is 0.254 e. The molecule has 0 radical (unpaired) electrons.